The molecule has 53 heavy (non-hydrogen) atoms. The number of carbonyl (C=O) groups excluding carboxylic acids is 4. The Hall–Kier alpha value is -3.35. The van der Waals surface area contributed by atoms with E-state index in [-0.39, 0.29) is 63.3 Å². The number of imidazole rings is 1. The van der Waals surface area contributed by atoms with Gasteiger partial charge in [-0.3, -0.25) is 9.59 Å². The maximum atomic E-state index is 12.5. The minimum Gasteiger partial charge on any atom is -0.464 e. The lowest BCUT2D eigenvalue weighted by Crippen LogP contribution is -2.33. The standard InChI is InChI=1S/C40H73N5O8/c1-5-9-11-13-15-17-20-35(7-3)52-39(48)42-25-32-50-37(46)22-29-44(27-19-28-45-31-24-41-34-45)30-23-38(47)51-33-26-43-40(49)53-36(8-4)21-18-16-14-12-10-6-2/h24,31,34-36H,5-23,25-30,32-33H2,1-4H3,(H,42,48)(H,43,49). The van der Waals surface area contributed by atoms with Crippen molar-refractivity contribution < 1.29 is 38.1 Å². The number of nitrogens with zero attached hydrogens (tertiary/aromatic N) is 3. The second-order valence-corrected chi connectivity index (χ2v) is 13.8. The summed E-state index contributed by atoms with van der Waals surface area (Å²) < 4.78 is 23.7. The Morgan fingerprint density at radius 1 is 0.642 bits per heavy atom. The van der Waals surface area contributed by atoms with Crippen molar-refractivity contribution >= 4 is 24.1 Å². The van der Waals surface area contributed by atoms with Crippen molar-refractivity contribution in [3.8, 4) is 0 Å². The van der Waals surface area contributed by atoms with Gasteiger partial charge in [0.15, 0.2) is 0 Å². The van der Waals surface area contributed by atoms with E-state index in [1.807, 2.05) is 29.5 Å². The number of rotatable bonds is 34. The summed E-state index contributed by atoms with van der Waals surface area (Å²) in [5, 5.41) is 5.35. The summed E-state index contributed by atoms with van der Waals surface area (Å²) in [7, 11) is 0. The number of unbranched alkanes of at least 4 members (excludes halogenated alkanes) is 10. The molecule has 0 aliphatic rings. The van der Waals surface area contributed by atoms with E-state index in [1.54, 1.807) is 12.5 Å². The van der Waals surface area contributed by atoms with Gasteiger partial charge < -0.3 is 39.0 Å². The van der Waals surface area contributed by atoms with Crippen LogP contribution in [0.5, 0.6) is 0 Å². The van der Waals surface area contributed by atoms with Crippen molar-refractivity contribution in [2.45, 2.75) is 168 Å². The van der Waals surface area contributed by atoms with Gasteiger partial charge in [-0.1, -0.05) is 91.9 Å². The highest BCUT2D eigenvalue weighted by Crippen LogP contribution is 2.14. The normalized spacial score (nSPS) is 12.2. The second kappa shape index (κ2) is 33.2. The van der Waals surface area contributed by atoms with Gasteiger partial charge in [-0.05, 0) is 51.5 Å². The third-order valence-electron chi connectivity index (χ3n) is 9.20. The van der Waals surface area contributed by atoms with Gasteiger partial charge in [-0.15, -0.1) is 0 Å². The number of alkyl carbamates (subject to hydrolysis) is 2. The Bertz CT molecular complexity index is 996. The van der Waals surface area contributed by atoms with Crippen LogP contribution >= 0.6 is 0 Å². The smallest absolute Gasteiger partial charge is 0.407 e. The summed E-state index contributed by atoms with van der Waals surface area (Å²) in [5.74, 6) is -0.765. The van der Waals surface area contributed by atoms with Gasteiger partial charge in [0, 0.05) is 32.0 Å². The fourth-order valence-electron chi connectivity index (χ4n) is 5.89. The third kappa shape index (κ3) is 27.9. The molecule has 0 aliphatic carbocycles. The van der Waals surface area contributed by atoms with Crippen LogP contribution in [0.25, 0.3) is 0 Å². The predicted octanol–water partition coefficient (Wildman–Crippen LogP) is 7.95. The Balaban J connectivity index is 2.33. The van der Waals surface area contributed by atoms with E-state index in [0.717, 1.165) is 64.3 Å². The van der Waals surface area contributed by atoms with Crippen molar-refractivity contribution in [3.63, 3.8) is 0 Å². The topological polar surface area (TPSA) is 150 Å². The molecule has 0 radical (unpaired) electrons. The van der Waals surface area contributed by atoms with Crippen molar-refractivity contribution in [2.24, 2.45) is 0 Å². The molecule has 2 amide bonds. The number of esters is 2. The Labute approximate surface area is 320 Å². The molecule has 1 aromatic rings. The molecule has 13 heteroatoms. The monoisotopic (exact) mass is 752 g/mol. The van der Waals surface area contributed by atoms with Gasteiger partial charge in [0.25, 0.3) is 0 Å². The lowest BCUT2D eigenvalue weighted by Gasteiger charge is -2.22. The molecule has 0 saturated heterocycles. The van der Waals surface area contributed by atoms with Crippen molar-refractivity contribution in [1.82, 2.24) is 25.1 Å². The van der Waals surface area contributed by atoms with Crippen LogP contribution in [0.3, 0.4) is 0 Å². The number of nitrogens with one attached hydrogen (secondary N) is 2. The average molecular weight is 752 g/mol. The van der Waals surface area contributed by atoms with E-state index in [9.17, 15) is 19.2 Å². The zero-order valence-corrected chi connectivity index (χ0v) is 33.6. The van der Waals surface area contributed by atoms with Gasteiger partial charge >= 0.3 is 24.1 Å². The predicted molar refractivity (Wildman–Crippen MR) is 208 cm³/mol. The van der Waals surface area contributed by atoms with Crippen molar-refractivity contribution in [2.75, 3.05) is 45.9 Å². The lowest BCUT2D eigenvalue weighted by atomic mass is 10.1. The maximum absolute atomic E-state index is 12.5. The van der Waals surface area contributed by atoms with E-state index in [2.05, 4.69) is 29.5 Å². The first kappa shape index (κ1) is 47.7. The molecule has 2 N–H and O–H groups in total. The first-order valence-electron chi connectivity index (χ1n) is 20.7. The molecule has 306 valence electrons. The summed E-state index contributed by atoms with van der Waals surface area (Å²) in [6.45, 7) is 11.1. The fourth-order valence-corrected chi connectivity index (χ4v) is 5.89. The van der Waals surface area contributed by atoms with E-state index < -0.39 is 12.2 Å². The first-order chi connectivity index (χ1) is 25.8. The summed E-state index contributed by atoms with van der Waals surface area (Å²) in [5.41, 5.74) is 0. The van der Waals surface area contributed by atoms with Crippen molar-refractivity contribution in [1.29, 1.82) is 0 Å². The largest absolute Gasteiger partial charge is 0.464 e. The molecule has 2 atom stereocenters. The number of amides is 2. The van der Waals surface area contributed by atoms with Crippen LogP contribution in [0, 0.1) is 0 Å². The number of hydrogen-bond acceptors (Lipinski definition) is 10. The molecular weight excluding hydrogens is 678 g/mol. The van der Waals surface area contributed by atoms with Crippen LogP contribution in [0.1, 0.15) is 150 Å². The molecule has 0 bridgehead atoms. The highest BCUT2D eigenvalue weighted by Gasteiger charge is 2.15. The van der Waals surface area contributed by atoms with Crippen molar-refractivity contribution in [3.05, 3.63) is 18.7 Å². The lowest BCUT2D eigenvalue weighted by molar-refractivity contribution is -0.144. The van der Waals surface area contributed by atoms with Gasteiger partial charge in [0.2, 0.25) is 0 Å². The molecule has 1 aromatic heterocycles. The number of ether oxygens (including phenoxy) is 4. The molecule has 13 nitrogen and oxygen atoms in total. The molecular formula is C40H73N5O8. The van der Waals surface area contributed by atoms with Crippen LogP contribution in [0.2, 0.25) is 0 Å². The second-order valence-electron chi connectivity index (χ2n) is 13.8. The Kier molecular flexibility index (Phi) is 29.9. The van der Waals surface area contributed by atoms with Crippen LogP contribution in [0.15, 0.2) is 18.7 Å². The summed E-state index contributed by atoms with van der Waals surface area (Å²) >= 11 is 0. The number of carbonyl (C=O) groups is 4. The van der Waals surface area contributed by atoms with E-state index >= 15 is 0 Å². The zero-order valence-electron chi connectivity index (χ0n) is 33.6. The average Bonchev–Trinajstić information content (AvgIpc) is 3.68. The summed E-state index contributed by atoms with van der Waals surface area (Å²) in [6, 6.07) is 0. The van der Waals surface area contributed by atoms with Gasteiger partial charge in [0.05, 0.1) is 32.3 Å². The molecule has 1 rings (SSSR count). The quantitative estimate of drug-likeness (QED) is 0.0404. The SMILES string of the molecule is CCCCCCCCC(CC)OC(=O)NCCOC(=O)CCN(CCCn1ccnc1)CCC(=O)OCCNC(=O)OC(CC)CCCCCCCC. The van der Waals surface area contributed by atoms with Crippen LogP contribution < -0.4 is 10.6 Å². The van der Waals surface area contributed by atoms with Crippen LogP contribution in [-0.4, -0.2) is 96.7 Å². The third-order valence-corrected chi connectivity index (χ3v) is 9.20. The van der Waals surface area contributed by atoms with E-state index in [1.165, 1.54) is 51.4 Å². The maximum Gasteiger partial charge on any atom is 0.407 e. The first-order valence-corrected chi connectivity index (χ1v) is 20.7. The molecule has 0 aliphatic heterocycles. The Morgan fingerprint density at radius 3 is 1.55 bits per heavy atom. The minimum absolute atomic E-state index is 0.0505. The zero-order chi connectivity index (χ0) is 38.8. The summed E-state index contributed by atoms with van der Waals surface area (Å²) in [6.07, 6.45) is 22.8. The highest BCUT2D eigenvalue weighted by atomic mass is 16.6. The highest BCUT2D eigenvalue weighted by molar-refractivity contribution is 5.71. The van der Waals surface area contributed by atoms with E-state index in [4.69, 9.17) is 18.9 Å². The van der Waals surface area contributed by atoms with Crippen LogP contribution in [0.4, 0.5) is 9.59 Å². The number of hydrogen-bond donors (Lipinski definition) is 2. The number of aryl methyl sites for hydroxylation is 1. The fraction of sp³-hybridized carbons (Fsp3) is 0.825. The molecule has 0 fully saturated rings. The van der Waals surface area contributed by atoms with Gasteiger partial charge in [-0.2, -0.15) is 0 Å². The molecule has 1 heterocycles. The van der Waals surface area contributed by atoms with E-state index in [0.29, 0.717) is 19.6 Å². The number of aromatic nitrogens is 2. The molecule has 0 spiro atoms. The summed E-state index contributed by atoms with van der Waals surface area (Å²) in [4.78, 5) is 55.6. The van der Waals surface area contributed by atoms with Gasteiger partial charge in [-0.25, -0.2) is 14.6 Å². The molecule has 0 saturated carbocycles. The molecule has 0 aromatic carbocycles. The Morgan fingerprint density at radius 2 is 1.11 bits per heavy atom. The minimum atomic E-state index is -0.491. The van der Waals surface area contributed by atoms with Crippen LogP contribution in [-0.2, 0) is 35.1 Å². The van der Waals surface area contributed by atoms with Gasteiger partial charge in [0.1, 0.15) is 25.4 Å². The molecule has 2 unspecified atom stereocenters.